The van der Waals surface area contributed by atoms with Gasteiger partial charge in [-0.2, -0.15) is 0 Å². The van der Waals surface area contributed by atoms with Crippen LogP contribution in [0.25, 0.3) is 0 Å². The van der Waals surface area contributed by atoms with E-state index in [1.807, 2.05) is 0 Å². The van der Waals surface area contributed by atoms with E-state index in [0.29, 0.717) is 5.57 Å². The number of hydrogen-bond acceptors (Lipinski definition) is 9. The van der Waals surface area contributed by atoms with Crippen LogP contribution in [0.2, 0.25) is 0 Å². The Morgan fingerprint density at radius 2 is 1.91 bits per heavy atom. The molecule has 4 atom stereocenters. The van der Waals surface area contributed by atoms with Crippen LogP contribution in [0.5, 0.6) is 0 Å². The molecule has 0 aromatic carbocycles. The first kappa shape index (κ1) is 25.3. The quantitative estimate of drug-likeness (QED) is 0.319. The van der Waals surface area contributed by atoms with E-state index in [1.54, 1.807) is 20.8 Å². The maximum Gasteiger partial charge on any atom is 0.337 e. The van der Waals surface area contributed by atoms with Crippen molar-refractivity contribution in [2.24, 2.45) is 11.8 Å². The fraction of sp³-hybridized carbons (Fsp3) is 0.440. The second kappa shape index (κ2) is 10.3. The van der Waals surface area contributed by atoms with Crippen LogP contribution in [0.3, 0.4) is 0 Å². The Balaban J connectivity index is 1.85. The molecule has 0 radical (unpaired) electrons. The summed E-state index contributed by atoms with van der Waals surface area (Å²) < 4.78 is 16.4. The number of allylic oxidation sites excluding steroid dienone is 2. The molecule has 1 saturated heterocycles. The highest BCUT2D eigenvalue weighted by Gasteiger charge is 2.54. The van der Waals surface area contributed by atoms with Gasteiger partial charge in [0.25, 0.3) is 0 Å². The molecule has 1 fully saturated rings. The van der Waals surface area contributed by atoms with E-state index in [1.165, 1.54) is 12.2 Å². The van der Waals surface area contributed by atoms with E-state index in [-0.39, 0.29) is 28.9 Å². The standard InChI is InChI=1S/C25H28O9/c1-5-15(10-27)24(30)32-11-16(6-7-26)25(31)33-18-9-13(3)19-17(28)8-12(2)20(19)22-21(18)14(4)23(29)34-22/h5-6,8,18,20-22,26-27H,4,7,9-11H2,1-3H3. The summed E-state index contributed by atoms with van der Waals surface area (Å²) in [6.07, 6.45) is 2.65. The number of ether oxygens (including phenoxy) is 3. The second-order valence-corrected chi connectivity index (χ2v) is 8.45. The van der Waals surface area contributed by atoms with Gasteiger partial charge in [-0.15, -0.1) is 0 Å². The Labute approximate surface area is 197 Å². The Morgan fingerprint density at radius 3 is 2.53 bits per heavy atom. The Kier molecular flexibility index (Phi) is 7.68. The second-order valence-electron chi connectivity index (χ2n) is 8.45. The van der Waals surface area contributed by atoms with Crippen molar-refractivity contribution < 1.29 is 43.6 Å². The molecule has 3 rings (SSSR count). The van der Waals surface area contributed by atoms with E-state index in [0.717, 1.165) is 17.2 Å². The third kappa shape index (κ3) is 4.67. The minimum absolute atomic E-state index is 0.0168. The lowest BCUT2D eigenvalue weighted by molar-refractivity contribution is -0.149. The molecule has 0 spiro atoms. The average molecular weight is 472 g/mol. The number of aliphatic hydroxyl groups is 2. The summed E-state index contributed by atoms with van der Waals surface area (Å²) in [7, 11) is 0. The lowest BCUT2D eigenvalue weighted by Crippen LogP contribution is -2.36. The van der Waals surface area contributed by atoms with Crippen LogP contribution in [-0.4, -0.2) is 65.9 Å². The zero-order chi connectivity index (χ0) is 25.2. The molecule has 0 saturated carbocycles. The SMILES string of the molecule is C=C1C(=O)OC2C3C(C)=CC(=O)C3=C(C)CC(OC(=O)C(=CCO)COC(=O)C(=CC)CO)C12. The molecule has 2 N–H and O–H groups in total. The highest BCUT2D eigenvalue weighted by molar-refractivity contribution is 6.09. The van der Waals surface area contributed by atoms with Gasteiger partial charge in [-0.25, -0.2) is 14.4 Å². The fourth-order valence-corrected chi connectivity index (χ4v) is 4.66. The Hall–Kier alpha value is -3.30. The molecule has 2 aliphatic carbocycles. The molecule has 3 aliphatic rings. The molecule has 0 bridgehead atoms. The smallest absolute Gasteiger partial charge is 0.337 e. The van der Waals surface area contributed by atoms with E-state index in [4.69, 9.17) is 14.2 Å². The third-order valence-corrected chi connectivity index (χ3v) is 6.38. The normalized spacial score (nSPS) is 27.1. The van der Waals surface area contributed by atoms with Gasteiger partial charge in [0.2, 0.25) is 0 Å². The topological polar surface area (TPSA) is 136 Å². The first-order chi connectivity index (χ1) is 16.1. The van der Waals surface area contributed by atoms with Gasteiger partial charge < -0.3 is 24.4 Å². The van der Waals surface area contributed by atoms with Crippen LogP contribution in [0.1, 0.15) is 27.2 Å². The van der Waals surface area contributed by atoms with Crippen molar-refractivity contribution in [3.63, 3.8) is 0 Å². The van der Waals surface area contributed by atoms with E-state index in [9.17, 15) is 29.4 Å². The van der Waals surface area contributed by atoms with Gasteiger partial charge in [-0.05, 0) is 32.9 Å². The van der Waals surface area contributed by atoms with E-state index in [2.05, 4.69) is 6.58 Å². The monoisotopic (exact) mass is 472 g/mol. The maximum atomic E-state index is 13.0. The summed E-state index contributed by atoms with van der Waals surface area (Å²) >= 11 is 0. The Bertz CT molecular complexity index is 1060. The third-order valence-electron chi connectivity index (χ3n) is 6.38. The van der Waals surface area contributed by atoms with Crippen LogP contribution in [0, 0.1) is 11.8 Å². The molecule has 0 aromatic rings. The van der Waals surface area contributed by atoms with Crippen LogP contribution >= 0.6 is 0 Å². The summed E-state index contributed by atoms with van der Waals surface area (Å²) in [6, 6.07) is 0. The highest BCUT2D eigenvalue weighted by Crippen LogP contribution is 2.48. The van der Waals surface area contributed by atoms with Gasteiger partial charge >= 0.3 is 17.9 Å². The number of hydrogen-bond donors (Lipinski definition) is 2. The molecule has 1 aliphatic heterocycles. The average Bonchev–Trinajstić information content (AvgIpc) is 3.20. The minimum atomic E-state index is -0.864. The van der Waals surface area contributed by atoms with Crippen molar-refractivity contribution in [3.8, 4) is 0 Å². The first-order valence-corrected chi connectivity index (χ1v) is 10.9. The molecule has 9 nitrogen and oxygen atoms in total. The number of fused-ring (bicyclic) bond motifs is 3. The van der Waals surface area contributed by atoms with E-state index < -0.39 is 61.8 Å². The molecule has 0 amide bonds. The van der Waals surface area contributed by atoms with Gasteiger partial charge in [-0.1, -0.05) is 23.8 Å². The lowest BCUT2D eigenvalue weighted by Gasteiger charge is -2.28. The first-order valence-electron chi connectivity index (χ1n) is 10.9. The summed E-state index contributed by atoms with van der Waals surface area (Å²) in [5.41, 5.74) is 2.08. The van der Waals surface area contributed by atoms with Crippen LogP contribution < -0.4 is 0 Å². The molecule has 9 heteroatoms. The summed E-state index contributed by atoms with van der Waals surface area (Å²) in [6.45, 7) is 7.44. The van der Waals surface area contributed by atoms with Crippen LogP contribution in [0.4, 0.5) is 0 Å². The predicted octanol–water partition coefficient (Wildman–Crippen LogP) is 1.26. The van der Waals surface area contributed by atoms with Gasteiger partial charge in [-0.3, -0.25) is 4.79 Å². The number of aliphatic hydroxyl groups excluding tert-OH is 2. The molecule has 34 heavy (non-hydrogen) atoms. The molecule has 1 heterocycles. The molecular formula is C25H28O9. The van der Waals surface area contributed by atoms with Gasteiger partial charge in [0.05, 0.1) is 30.3 Å². The van der Waals surface area contributed by atoms with E-state index >= 15 is 0 Å². The number of ketones is 1. The predicted molar refractivity (Wildman–Crippen MR) is 119 cm³/mol. The summed E-state index contributed by atoms with van der Waals surface area (Å²) in [4.78, 5) is 50.0. The van der Waals surface area contributed by atoms with Crippen molar-refractivity contribution in [3.05, 3.63) is 58.2 Å². The number of rotatable bonds is 7. The number of carbonyl (C=O) groups is 4. The summed E-state index contributed by atoms with van der Waals surface area (Å²) in [5.74, 6) is -3.54. The lowest BCUT2D eigenvalue weighted by atomic mass is 9.82. The highest BCUT2D eigenvalue weighted by atomic mass is 16.6. The van der Waals surface area contributed by atoms with Crippen molar-refractivity contribution in [2.45, 2.75) is 39.4 Å². The molecular weight excluding hydrogens is 444 g/mol. The molecule has 0 aromatic heterocycles. The largest absolute Gasteiger partial charge is 0.458 e. The zero-order valence-corrected chi connectivity index (χ0v) is 19.3. The maximum absolute atomic E-state index is 13.0. The van der Waals surface area contributed by atoms with Crippen molar-refractivity contribution in [2.75, 3.05) is 19.8 Å². The van der Waals surface area contributed by atoms with Gasteiger partial charge in [0.1, 0.15) is 18.8 Å². The van der Waals surface area contributed by atoms with Crippen molar-refractivity contribution in [1.29, 1.82) is 0 Å². The van der Waals surface area contributed by atoms with Crippen LogP contribution in [-0.2, 0) is 33.4 Å². The Morgan fingerprint density at radius 1 is 1.21 bits per heavy atom. The molecule has 4 unspecified atom stereocenters. The molecule has 182 valence electrons. The number of carbonyl (C=O) groups excluding carboxylic acids is 4. The summed E-state index contributed by atoms with van der Waals surface area (Å²) in [5, 5.41) is 18.5. The van der Waals surface area contributed by atoms with Gasteiger partial charge in [0.15, 0.2) is 5.78 Å². The fourth-order valence-electron chi connectivity index (χ4n) is 4.66. The van der Waals surface area contributed by atoms with Crippen LogP contribution in [0.15, 0.2) is 58.2 Å². The minimum Gasteiger partial charge on any atom is -0.458 e. The van der Waals surface area contributed by atoms with Crippen molar-refractivity contribution in [1.82, 2.24) is 0 Å². The van der Waals surface area contributed by atoms with Crippen molar-refractivity contribution >= 4 is 23.7 Å². The zero-order valence-electron chi connectivity index (χ0n) is 19.3. The number of esters is 3. The van der Waals surface area contributed by atoms with Gasteiger partial charge in [0, 0.05) is 23.5 Å².